The summed E-state index contributed by atoms with van der Waals surface area (Å²) < 4.78 is 13.1. The summed E-state index contributed by atoms with van der Waals surface area (Å²) >= 11 is 3.48. The van der Waals surface area contributed by atoms with E-state index in [1.165, 1.54) is 0 Å². The zero-order chi connectivity index (χ0) is 26.5. The first-order valence-corrected chi connectivity index (χ1v) is 12.7. The van der Waals surface area contributed by atoms with Crippen molar-refractivity contribution >= 4 is 45.4 Å². The predicted octanol–water partition coefficient (Wildman–Crippen LogP) is 4.77. The Morgan fingerprint density at radius 1 is 0.919 bits per heavy atom. The van der Waals surface area contributed by atoms with Gasteiger partial charge in [-0.25, -0.2) is 14.2 Å². The van der Waals surface area contributed by atoms with E-state index in [9.17, 15) is 14.4 Å². The highest BCUT2D eigenvalue weighted by Gasteiger charge is 2.21. The van der Waals surface area contributed by atoms with Crippen molar-refractivity contribution in [3.8, 4) is 0 Å². The molecule has 0 aliphatic heterocycles. The Bertz CT molecular complexity index is 1180. The maximum atomic E-state index is 13.4. The number of halogens is 1. The fourth-order valence-corrected chi connectivity index (χ4v) is 3.98. The van der Waals surface area contributed by atoms with Gasteiger partial charge < -0.3 is 19.7 Å². The van der Waals surface area contributed by atoms with Crippen LogP contribution in [0.15, 0.2) is 83.6 Å². The van der Waals surface area contributed by atoms with Crippen LogP contribution in [0.3, 0.4) is 0 Å². The van der Waals surface area contributed by atoms with Gasteiger partial charge in [0.25, 0.3) is 5.91 Å². The number of anilines is 2. The number of nitrogens with zero attached hydrogens (tertiary/aromatic N) is 2. The van der Waals surface area contributed by atoms with Crippen LogP contribution in [0.1, 0.15) is 23.7 Å². The Labute approximate surface area is 224 Å². The van der Waals surface area contributed by atoms with E-state index in [0.717, 1.165) is 17.4 Å². The maximum absolute atomic E-state index is 13.4. The van der Waals surface area contributed by atoms with Crippen molar-refractivity contribution < 1.29 is 28.4 Å². The molecule has 194 valence electrons. The first-order chi connectivity index (χ1) is 18.0. The summed E-state index contributed by atoms with van der Waals surface area (Å²) in [6.45, 7) is 3.05. The van der Waals surface area contributed by atoms with Crippen LogP contribution in [0.25, 0.3) is 0 Å². The number of ether oxygens (including phenoxy) is 2. The molecule has 0 bridgehead atoms. The standard InChI is InChI=1S/C27H29BrN4O5/c1-2-14-31-19-21(18-22(28)20-31)25(33)32(24-11-7-4-8-12-24)15-17-37-26(34)29-13-16-36-27(35)30-23-9-5-3-6-10-23/h3-12,18-20H,2,13-17H2,1H3,(H-,29,30,34,35)/p+1. The van der Waals surface area contributed by atoms with Crippen molar-refractivity contribution in [2.24, 2.45) is 0 Å². The lowest BCUT2D eigenvalue weighted by Crippen LogP contribution is -2.39. The Kier molecular flexibility index (Phi) is 10.9. The molecule has 0 saturated heterocycles. The minimum atomic E-state index is -0.671. The molecule has 3 amide bonds. The molecule has 0 unspecified atom stereocenters. The first kappa shape index (κ1) is 27.7. The molecule has 1 heterocycles. The van der Waals surface area contributed by atoms with E-state index in [2.05, 4.69) is 33.5 Å². The molecule has 2 N–H and O–H groups in total. The molecule has 0 radical (unpaired) electrons. The molecule has 37 heavy (non-hydrogen) atoms. The lowest BCUT2D eigenvalue weighted by atomic mass is 10.2. The topological polar surface area (TPSA) is 101 Å². The fourth-order valence-electron chi connectivity index (χ4n) is 3.47. The van der Waals surface area contributed by atoms with Crippen LogP contribution in [0.5, 0.6) is 0 Å². The summed E-state index contributed by atoms with van der Waals surface area (Å²) in [5.74, 6) is -0.209. The number of aryl methyl sites for hydroxylation is 1. The number of carbonyl (C=O) groups is 3. The number of benzene rings is 2. The van der Waals surface area contributed by atoms with E-state index in [1.54, 1.807) is 35.2 Å². The van der Waals surface area contributed by atoms with Crippen LogP contribution in [-0.2, 0) is 16.0 Å². The second-order valence-corrected chi connectivity index (χ2v) is 8.88. The molecule has 0 spiro atoms. The first-order valence-electron chi connectivity index (χ1n) is 11.9. The summed E-state index contributed by atoms with van der Waals surface area (Å²) in [5.41, 5.74) is 1.82. The van der Waals surface area contributed by atoms with Crippen LogP contribution in [0, 0.1) is 0 Å². The van der Waals surface area contributed by atoms with E-state index in [-0.39, 0.29) is 32.2 Å². The molecule has 0 aliphatic rings. The monoisotopic (exact) mass is 569 g/mol. The molecule has 0 aliphatic carbocycles. The number of hydrogen-bond donors (Lipinski definition) is 2. The van der Waals surface area contributed by atoms with Crippen molar-refractivity contribution in [2.75, 3.05) is 36.5 Å². The highest BCUT2D eigenvalue weighted by Crippen LogP contribution is 2.18. The minimum Gasteiger partial charge on any atom is -0.448 e. The molecular weight excluding hydrogens is 540 g/mol. The average molecular weight is 570 g/mol. The summed E-state index contributed by atoms with van der Waals surface area (Å²) in [4.78, 5) is 38.9. The second kappa shape index (κ2) is 14.6. The molecule has 10 heteroatoms. The third-order valence-corrected chi connectivity index (χ3v) is 5.54. The molecule has 2 aromatic carbocycles. The minimum absolute atomic E-state index is 0.0230. The normalized spacial score (nSPS) is 10.3. The largest absolute Gasteiger partial charge is 0.448 e. The number of amides is 3. The molecule has 0 atom stereocenters. The van der Waals surface area contributed by atoms with Gasteiger partial charge in [-0.2, -0.15) is 0 Å². The van der Waals surface area contributed by atoms with Crippen molar-refractivity contribution in [1.82, 2.24) is 5.32 Å². The Morgan fingerprint density at radius 2 is 1.59 bits per heavy atom. The lowest BCUT2D eigenvalue weighted by Gasteiger charge is -2.22. The SMILES string of the molecule is CCC[n+]1cc(Br)cc(C(=O)N(CCOC(=O)NCCOC(=O)Nc2ccccc2)c2ccccc2)c1. The number of hydrogen-bond acceptors (Lipinski definition) is 5. The second-order valence-electron chi connectivity index (χ2n) is 7.96. The van der Waals surface area contributed by atoms with Gasteiger partial charge in [-0.15, -0.1) is 0 Å². The predicted molar refractivity (Wildman–Crippen MR) is 144 cm³/mol. The molecule has 0 saturated carbocycles. The number of para-hydroxylation sites is 2. The molecule has 3 rings (SSSR count). The van der Waals surface area contributed by atoms with Gasteiger partial charge >= 0.3 is 12.2 Å². The third-order valence-electron chi connectivity index (χ3n) is 5.10. The molecule has 3 aromatic rings. The van der Waals surface area contributed by atoms with Crippen molar-refractivity contribution in [3.63, 3.8) is 0 Å². The average Bonchev–Trinajstić information content (AvgIpc) is 2.90. The zero-order valence-corrected chi connectivity index (χ0v) is 22.1. The number of alkyl carbamates (subject to hydrolysis) is 1. The Hall–Kier alpha value is -3.92. The van der Waals surface area contributed by atoms with E-state index in [0.29, 0.717) is 16.9 Å². The van der Waals surface area contributed by atoms with E-state index in [1.807, 2.05) is 53.4 Å². The molecule has 1 aromatic heterocycles. The Morgan fingerprint density at radius 3 is 2.30 bits per heavy atom. The fraction of sp³-hybridized carbons (Fsp3) is 0.259. The van der Waals surface area contributed by atoms with Gasteiger partial charge in [-0.1, -0.05) is 43.3 Å². The van der Waals surface area contributed by atoms with Gasteiger partial charge in [0.05, 0.1) is 17.6 Å². The number of rotatable bonds is 11. The van der Waals surface area contributed by atoms with Gasteiger partial charge in [0.2, 0.25) is 0 Å². The van der Waals surface area contributed by atoms with Crippen molar-refractivity contribution in [1.29, 1.82) is 0 Å². The van der Waals surface area contributed by atoms with Crippen LogP contribution < -0.4 is 20.1 Å². The number of pyridine rings is 1. The van der Waals surface area contributed by atoms with Crippen molar-refractivity contribution in [2.45, 2.75) is 19.9 Å². The van der Waals surface area contributed by atoms with Gasteiger partial charge in [-0.3, -0.25) is 10.1 Å². The summed E-state index contributed by atoms with van der Waals surface area (Å²) in [7, 11) is 0. The number of carbonyl (C=O) groups excluding carboxylic acids is 3. The Balaban J connectivity index is 1.49. The zero-order valence-electron chi connectivity index (χ0n) is 20.6. The van der Waals surface area contributed by atoms with Crippen LogP contribution in [-0.4, -0.2) is 44.4 Å². The molecular formula is C27H30BrN4O5+. The molecule has 9 nitrogen and oxygen atoms in total. The maximum Gasteiger partial charge on any atom is 0.411 e. The lowest BCUT2D eigenvalue weighted by molar-refractivity contribution is -0.697. The van der Waals surface area contributed by atoms with E-state index in [4.69, 9.17) is 9.47 Å². The van der Waals surface area contributed by atoms with E-state index >= 15 is 0 Å². The number of nitrogens with one attached hydrogen (secondary N) is 2. The van der Waals surface area contributed by atoms with Gasteiger partial charge in [0.15, 0.2) is 12.4 Å². The highest BCUT2D eigenvalue weighted by atomic mass is 79.9. The summed E-state index contributed by atoms with van der Waals surface area (Å²) in [6, 6.07) is 19.9. The molecule has 0 fully saturated rings. The van der Waals surface area contributed by atoms with E-state index < -0.39 is 12.2 Å². The smallest absolute Gasteiger partial charge is 0.411 e. The summed E-state index contributed by atoms with van der Waals surface area (Å²) in [5, 5.41) is 5.11. The van der Waals surface area contributed by atoms with Crippen LogP contribution >= 0.6 is 15.9 Å². The van der Waals surface area contributed by atoms with Crippen LogP contribution in [0.2, 0.25) is 0 Å². The highest BCUT2D eigenvalue weighted by molar-refractivity contribution is 9.10. The van der Waals surface area contributed by atoms with Crippen LogP contribution in [0.4, 0.5) is 21.0 Å². The van der Waals surface area contributed by atoms with Gasteiger partial charge in [0, 0.05) is 17.8 Å². The summed E-state index contributed by atoms with van der Waals surface area (Å²) in [6.07, 6.45) is 3.38. The van der Waals surface area contributed by atoms with Gasteiger partial charge in [-0.05, 0) is 46.3 Å². The number of aromatic nitrogens is 1. The third kappa shape index (κ3) is 9.23. The quantitative estimate of drug-likeness (QED) is 0.256. The van der Waals surface area contributed by atoms with Gasteiger partial charge in [0.1, 0.15) is 25.3 Å². The van der Waals surface area contributed by atoms with Crippen molar-refractivity contribution in [3.05, 3.63) is 89.2 Å².